The number of hydrogen-bond acceptors (Lipinski definition) is 6. The van der Waals surface area contributed by atoms with Gasteiger partial charge in [-0.15, -0.1) is 11.8 Å². The van der Waals surface area contributed by atoms with Crippen molar-refractivity contribution in [2.24, 2.45) is 10.7 Å². The maximum Gasteiger partial charge on any atom is 0.247 e. The van der Waals surface area contributed by atoms with Crippen LogP contribution in [0.3, 0.4) is 0 Å². The van der Waals surface area contributed by atoms with Crippen LogP contribution in [0.25, 0.3) is 10.9 Å². The van der Waals surface area contributed by atoms with Crippen molar-refractivity contribution in [3.05, 3.63) is 40.9 Å². The van der Waals surface area contributed by atoms with E-state index in [9.17, 15) is 13.2 Å². The van der Waals surface area contributed by atoms with E-state index in [4.69, 9.17) is 5.73 Å². The molecule has 1 amide bonds. The number of H-pyrrole nitrogens is 1. The third-order valence-corrected chi connectivity index (χ3v) is 9.88. The van der Waals surface area contributed by atoms with E-state index >= 15 is 0 Å². The molecule has 0 saturated carbocycles. The molecule has 10 heteroatoms. The minimum Gasteiger partial charge on any atom is -0.370 e. The van der Waals surface area contributed by atoms with Crippen LogP contribution in [-0.4, -0.2) is 47.8 Å². The molecule has 2 aromatic rings. The molecule has 0 radical (unpaired) electrons. The average Bonchev–Trinajstić information content (AvgIpc) is 3.39. The molecule has 2 atom stereocenters. The number of nitrogens with two attached hydrogens (primary N) is 1. The summed E-state index contributed by atoms with van der Waals surface area (Å²) in [6, 6.07) is 5.88. The first-order valence-electron chi connectivity index (χ1n) is 9.17. The second-order valence-corrected chi connectivity index (χ2v) is 12.0. The molecule has 0 bridgehead atoms. The van der Waals surface area contributed by atoms with E-state index in [0.29, 0.717) is 18.7 Å². The summed E-state index contributed by atoms with van der Waals surface area (Å²) in [5.41, 5.74) is 8.48. The molecule has 2 aliphatic heterocycles. The Morgan fingerprint density at radius 1 is 1.38 bits per heavy atom. The first-order valence-corrected chi connectivity index (χ1v) is 12.5. The van der Waals surface area contributed by atoms with Gasteiger partial charge in [-0.2, -0.15) is 0 Å². The molecule has 154 valence electrons. The van der Waals surface area contributed by atoms with Gasteiger partial charge in [-0.05, 0) is 42.5 Å². The zero-order chi connectivity index (χ0) is 20.8. The van der Waals surface area contributed by atoms with Gasteiger partial charge in [0.05, 0.1) is 23.4 Å². The second kappa shape index (κ2) is 7.73. The Bertz CT molecular complexity index is 1130. The molecule has 0 aliphatic carbocycles. The van der Waals surface area contributed by atoms with Crippen molar-refractivity contribution in [2.75, 3.05) is 17.9 Å². The highest BCUT2D eigenvalue weighted by Crippen LogP contribution is 2.37. The quantitative estimate of drug-likeness (QED) is 0.703. The van der Waals surface area contributed by atoms with Gasteiger partial charge >= 0.3 is 0 Å². The number of nitrogens with zero attached hydrogens (tertiary/aromatic N) is 2. The van der Waals surface area contributed by atoms with E-state index in [1.54, 1.807) is 7.05 Å². The molecule has 3 heterocycles. The highest BCUT2D eigenvalue weighted by Gasteiger charge is 2.32. The highest BCUT2D eigenvalue weighted by atomic mass is 32.3. The van der Waals surface area contributed by atoms with E-state index in [1.807, 2.05) is 36.6 Å². The van der Waals surface area contributed by atoms with Crippen molar-refractivity contribution in [3.63, 3.8) is 0 Å². The largest absolute Gasteiger partial charge is 0.370 e. The minimum absolute atomic E-state index is 0.0464. The van der Waals surface area contributed by atoms with Gasteiger partial charge in [0.25, 0.3) is 0 Å². The number of sulfonamides is 1. The van der Waals surface area contributed by atoms with Crippen LogP contribution in [0.4, 0.5) is 5.69 Å². The Hall–Kier alpha value is -1.91. The molecule has 0 spiro atoms. The Morgan fingerprint density at radius 2 is 2.17 bits per heavy atom. The molecule has 0 saturated heterocycles. The van der Waals surface area contributed by atoms with E-state index < -0.39 is 14.6 Å². The lowest BCUT2D eigenvalue weighted by atomic mass is 10.1. The number of aryl methyl sites for hydroxylation is 1. The summed E-state index contributed by atoms with van der Waals surface area (Å²) in [4.78, 5) is 19.1. The standard InChI is InChI=1S/C19H22N4O3S3/c1-11-6-12-8-14(19-21-10-13(28-19)9-16(20)24)22-18(12)15(7-11)23(2)29(25,26)17-4-3-5-27-17/h3,5-8,13,17,22H,4,9-10H2,1-2H3,(H2,20,24). The van der Waals surface area contributed by atoms with Gasteiger partial charge in [-0.1, -0.05) is 17.8 Å². The number of aromatic amines is 1. The van der Waals surface area contributed by atoms with Crippen molar-refractivity contribution in [3.8, 4) is 0 Å². The second-order valence-electron chi connectivity index (χ2n) is 7.17. The molecular formula is C19H22N4O3S3. The predicted molar refractivity (Wildman–Crippen MR) is 122 cm³/mol. The number of carbonyl (C=O) groups excluding carboxylic acids is 1. The van der Waals surface area contributed by atoms with Crippen LogP contribution in [0, 0.1) is 6.92 Å². The highest BCUT2D eigenvalue weighted by molar-refractivity contribution is 8.15. The number of benzene rings is 1. The number of nitrogens with one attached hydrogen (secondary N) is 1. The first-order chi connectivity index (χ1) is 13.8. The van der Waals surface area contributed by atoms with Gasteiger partial charge in [-0.3, -0.25) is 14.1 Å². The van der Waals surface area contributed by atoms with E-state index in [1.165, 1.54) is 27.8 Å². The van der Waals surface area contributed by atoms with Crippen LogP contribution in [0.1, 0.15) is 24.1 Å². The number of primary amides is 1. The Kier molecular flexibility index (Phi) is 5.43. The molecule has 2 aliphatic rings. The third kappa shape index (κ3) is 3.93. The lowest BCUT2D eigenvalue weighted by Gasteiger charge is -2.24. The number of thioether (sulfide) groups is 2. The number of amides is 1. The minimum atomic E-state index is -3.51. The van der Waals surface area contributed by atoms with Gasteiger partial charge in [-0.25, -0.2) is 8.42 Å². The zero-order valence-corrected chi connectivity index (χ0v) is 18.5. The Morgan fingerprint density at radius 3 is 2.86 bits per heavy atom. The SMILES string of the molecule is Cc1cc(N(C)S(=O)(=O)C2CC=CS2)c2[nH]c(C3=NCC(CC(N)=O)S3)cc2c1. The van der Waals surface area contributed by atoms with Crippen molar-refractivity contribution in [1.29, 1.82) is 0 Å². The molecule has 1 aromatic heterocycles. The van der Waals surface area contributed by atoms with Crippen LogP contribution in [0.2, 0.25) is 0 Å². The maximum absolute atomic E-state index is 13.1. The molecule has 4 rings (SSSR count). The fraction of sp³-hybridized carbons (Fsp3) is 0.368. The number of allylic oxidation sites excluding steroid dienone is 1. The summed E-state index contributed by atoms with van der Waals surface area (Å²) in [6.45, 7) is 2.50. The molecule has 7 nitrogen and oxygen atoms in total. The van der Waals surface area contributed by atoms with Gasteiger partial charge in [0.1, 0.15) is 9.63 Å². The number of carbonyl (C=O) groups is 1. The topological polar surface area (TPSA) is 109 Å². The molecule has 0 fully saturated rings. The third-order valence-electron chi connectivity index (χ3n) is 4.94. The van der Waals surface area contributed by atoms with Gasteiger partial charge < -0.3 is 10.7 Å². The van der Waals surface area contributed by atoms with Crippen molar-refractivity contribution in [1.82, 2.24) is 4.98 Å². The number of aliphatic imine (C=N–C) groups is 1. The fourth-order valence-corrected chi connectivity index (χ4v) is 7.49. The summed E-state index contributed by atoms with van der Waals surface area (Å²) in [6.07, 6.45) is 2.69. The molecule has 3 N–H and O–H groups in total. The lowest BCUT2D eigenvalue weighted by molar-refractivity contribution is -0.117. The molecular weight excluding hydrogens is 428 g/mol. The summed E-state index contributed by atoms with van der Waals surface area (Å²) in [7, 11) is -1.90. The fourth-order valence-electron chi connectivity index (χ4n) is 3.50. The molecule has 1 aromatic carbocycles. The number of rotatable bonds is 6. The number of fused-ring (bicyclic) bond motifs is 1. The molecule has 2 unspecified atom stereocenters. The number of aromatic nitrogens is 1. The Labute approximate surface area is 178 Å². The van der Waals surface area contributed by atoms with E-state index in [0.717, 1.165) is 27.2 Å². The summed E-state index contributed by atoms with van der Waals surface area (Å²) in [5.74, 6) is -0.334. The smallest absolute Gasteiger partial charge is 0.247 e. The zero-order valence-electron chi connectivity index (χ0n) is 16.1. The summed E-state index contributed by atoms with van der Waals surface area (Å²) in [5, 5.41) is 3.63. The van der Waals surface area contributed by atoms with Crippen molar-refractivity contribution >= 4 is 61.1 Å². The van der Waals surface area contributed by atoms with Gasteiger partial charge in [0.2, 0.25) is 15.9 Å². The van der Waals surface area contributed by atoms with Crippen LogP contribution in [0.15, 0.2) is 34.7 Å². The summed E-state index contributed by atoms with van der Waals surface area (Å²) < 4.78 is 27.0. The Balaban J connectivity index is 1.68. The number of anilines is 1. The van der Waals surface area contributed by atoms with Crippen LogP contribution >= 0.6 is 23.5 Å². The average molecular weight is 451 g/mol. The van der Waals surface area contributed by atoms with Crippen LogP contribution in [-0.2, 0) is 14.8 Å². The van der Waals surface area contributed by atoms with Crippen molar-refractivity contribution < 1.29 is 13.2 Å². The normalized spacial score (nSPS) is 21.7. The number of hydrogen-bond donors (Lipinski definition) is 2. The monoisotopic (exact) mass is 450 g/mol. The molecule has 29 heavy (non-hydrogen) atoms. The van der Waals surface area contributed by atoms with Gasteiger partial charge in [0.15, 0.2) is 0 Å². The van der Waals surface area contributed by atoms with E-state index in [2.05, 4.69) is 9.98 Å². The van der Waals surface area contributed by atoms with Gasteiger partial charge in [0, 0.05) is 24.1 Å². The van der Waals surface area contributed by atoms with E-state index in [-0.39, 0.29) is 17.6 Å². The maximum atomic E-state index is 13.1. The predicted octanol–water partition coefficient (Wildman–Crippen LogP) is 2.96. The van der Waals surface area contributed by atoms with Crippen molar-refractivity contribution in [2.45, 2.75) is 29.6 Å². The van der Waals surface area contributed by atoms with Crippen LogP contribution in [0.5, 0.6) is 0 Å². The first kappa shape index (κ1) is 20.4. The summed E-state index contributed by atoms with van der Waals surface area (Å²) >= 11 is 2.86. The lowest BCUT2D eigenvalue weighted by Crippen LogP contribution is -2.33. The van der Waals surface area contributed by atoms with Crippen LogP contribution < -0.4 is 10.0 Å².